The molecule has 0 radical (unpaired) electrons. The summed E-state index contributed by atoms with van der Waals surface area (Å²) < 4.78 is 22.9. The Kier molecular flexibility index (Phi) is 10.3. The summed E-state index contributed by atoms with van der Waals surface area (Å²) in [6.45, 7) is 0.680. The van der Waals surface area contributed by atoms with E-state index in [0.29, 0.717) is 11.9 Å². The van der Waals surface area contributed by atoms with Crippen LogP contribution in [0.5, 0.6) is 0 Å². The number of fused-ring (bicyclic) bond motifs is 1. The number of nitrogens with one attached hydrogen (secondary N) is 1. The number of carbonyl (C=O) groups excluding carboxylic acids is 3. The molecule has 0 aliphatic rings. The van der Waals surface area contributed by atoms with Gasteiger partial charge in [-0.15, -0.1) is 0 Å². The van der Waals surface area contributed by atoms with Crippen LogP contribution in [0.1, 0.15) is 24.1 Å². The minimum absolute atomic E-state index is 0.0125. The molecule has 44 heavy (non-hydrogen) atoms. The first-order valence-electron chi connectivity index (χ1n) is 14.1. The molecule has 2 heterocycles. The zero-order valence-corrected chi connectivity index (χ0v) is 25.2. The molecule has 4 rings (SSSR count). The lowest BCUT2D eigenvalue weighted by Gasteiger charge is -2.20. The Balaban J connectivity index is 1.57. The van der Waals surface area contributed by atoms with Gasteiger partial charge in [-0.2, -0.15) is 0 Å². The molecule has 0 bridgehead atoms. The first kappa shape index (κ1) is 31.7. The van der Waals surface area contributed by atoms with Crippen LogP contribution in [0.2, 0.25) is 0 Å². The summed E-state index contributed by atoms with van der Waals surface area (Å²) in [6, 6.07) is 19.4. The second kappa shape index (κ2) is 14.3. The molecule has 2 aromatic heterocycles. The Morgan fingerprint density at radius 2 is 1.70 bits per heavy atom. The van der Waals surface area contributed by atoms with Gasteiger partial charge in [-0.3, -0.25) is 14.4 Å². The summed E-state index contributed by atoms with van der Waals surface area (Å²) in [5.74, 6) is -1.24. The molecule has 11 heteroatoms. The lowest BCUT2D eigenvalue weighted by molar-refractivity contribution is -0.125. The maximum absolute atomic E-state index is 14.1. The number of carbonyl (C=O) groups is 3. The second-order valence-corrected chi connectivity index (χ2v) is 10.7. The van der Waals surface area contributed by atoms with Gasteiger partial charge in [0.25, 0.3) is 11.5 Å². The van der Waals surface area contributed by atoms with E-state index in [-0.39, 0.29) is 36.8 Å². The van der Waals surface area contributed by atoms with Gasteiger partial charge in [0.2, 0.25) is 5.91 Å². The van der Waals surface area contributed by atoms with Crippen molar-refractivity contribution in [3.63, 3.8) is 0 Å². The first-order chi connectivity index (χ1) is 21.0. The third-order valence-corrected chi connectivity index (χ3v) is 6.94. The number of pyridine rings is 1. The number of benzene rings is 2. The van der Waals surface area contributed by atoms with Crippen molar-refractivity contribution >= 4 is 34.5 Å². The topological polar surface area (TPSA) is 106 Å². The van der Waals surface area contributed by atoms with Gasteiger partial charge < -0.3 is 29.0 Å². The van der Waals surface area contributed by atoms with Crippen LogP contribution in [0.25, 0.3) is 10.9 Å². The van der Waals surface area contributed by atoms with Crippen LogP contribution in [0, 0.1) is 5.82 Å². The van der Waals surface area contributed by atoms with Crippen LogP contribution in [-0.2, 0) is 27.4 Å². The number of likely N-dealkylation sites (N-methyl/N-ethyl adjacent to an activating group) is 1. The number of nitrogens with zero attached hydrogens (tertiary/aromatic N) is 4. The summed E-state index contributed by atoms with van der Waals surface area (Å²) in [4.78, 5) is 53.5. The predicted molar refractivity (Wildman–Crippen MR) is 167 cm³/mol. The molecule has 1 unspecified atom stereocenters. The van der Waals surface area contributed by atoms with E-state index in [1.165, 1.54) is 52.7 Å². The zero-order valence-electron chi connectivity index (χ0n) is 25.2. The first-order valence-corrected chi connectivity index (χ1v) is 14.1. The lowest BCUT2D eigenvalue weighted by Crippen LogP contribution is -2.37. The lowest BCUT2D eigenvalue weighted by atomic mass is 10.1. The molecule has 0 fully saturated rings. The standard InChI is InChI=1S/C33H36FN5O5/c1-36(2)30(40)15-9-8-14-29(44-33(43)37(3)4)31(41)35-27-13-10-18-38(32(27)42)22-26-20-24-19-25(34)16-17-28(24)39(26)21-23-11-6-5-7-12-23/h5-7,9-13,15-20,29H,8,14,21-22H2,1-4H3,(H,35,41). The number of rotatable bonds is 11. The number of aromatic nitrogens is 2. The molecule has 3 amide bonds. The maximum atomic E-state index is 14.1. The van der Waals surface area contributed by atoms with Gasteiger partial charge in [0.05, 0.1) is 6.54 Å². The van der Waals surface area contributed by atoms with E-state index in [0.717, 1.165) is 16.8 Å². The van der Waals surface area contributed by atoms with Crippen LogP contribution in [0.3, 0.4) is 0 Å². The fourth-order valence-corrected chi connectivity index (χ4v) is 4.58. The number of anilines is 1. The van der Waals surface area contributed by atoms with Crippen molar-refractivity contribution in [2.45, 2.75) is 32.0 Å². The fraction of sp³-hybridized carbons (Fsp3) is 0.273. The molecular formula is C33H36FN5O5. The minimum atomic E-state index is -1.21. The molecule has 1 atom stereocenters. The second-order valence-electron chi connectivity index (χ2n) is 10.7. The Bertz CT molecular complexity index is 1730. The van der Waals surface area contributed by atoms with E-state index in [9.17, 15) is 23.6 Å². The van der Waals surface area contributed by atoms with Crippen molar-refractivity contribution in [2.24, 2.45) is 0 Å². The molecule has 4 aromatic rings. The fourth-order valence-electron chi connectivity index (χ4n) is 4.58. The highest BCUT2D eigenvalue weighted by Crippen LogP contribution is 2.23. The van der Waals surface area contributed by atoms with Gasteiger partial charge in [-0.1, -0.05) is 36.4 Å². The van der Waals surface area contributed by atoms with Crippen molar-refractivity contribution in [1.82, 2.24) is 18.9 Å². The highest BCUT2D eigenvalue weighted by atomic mass is 19.1. The number of ether oxygens (including phenoxy) is 1. The van der Waals surface area contributed by atoms with Crippen LogP contribution in [0.15, 0.2) is 89.9 Å². The Hall–Kier alpha value is -5.19. The third-order valence-electron chi connectivity index (χ3n) is 6.94. The normalized spacial score (nSPS) is 11.8. The van der Waals surface area contributed by atoms with E-state index in [1.807, 2.05) is 41.0 Å². The van der Waals surface area contributed by atoms with Crippen molar-refractivity contribution < 1.29 is 23.5 Å². The Morgan fingerprint density at radius 3 is 2.41 bits per heavy atom. The quantitative estimate of drug-likeness (QED) is 0.256. The number of hydrogen-bond donors (Lipinski definition) is 1. The van der Waals surface area contributed by atoms with E-state index < -0.39 is 23.7 Å². The van der Waals surface area contributed by atoms with Gasteiger partial charge >= 0.3 is 6.09 Å². The van der Waals surface area contributed by atoms with Gasteiger partial charge in [0.1, 0.15) is 11.5 Å². The molecule has 0 saturated carbocycles. The Morgan fingerprint density at radius 1 is 0.955 bits per heavy atom. The molecule has 2 aromatic carbocycles. The highest BCUT2D eigenvalue weighted by Gasteiger charge is 2.24. The van der Waals surface area contributed by atoms with E-state index in [4.69, 9.17) is 4.74 Å². The smallest absolute Gasteiger partial charge is 0.410 e. The van der Waals surface area contributed by atoms with Gasteiger partial charge in [0.15, 0.2) is 6.10 Å². The van der Waals surface area contributed by atoms with Crippen molar-refractivity contribution in [2.75, 3.05) is 33.5 Å². The SMILES string of the molecule is CN(C)C(=O)C=CCCC(OC(=O)N(C)C)C(=O)Nc1cccn(Cc2cc3cc(F)ccc3n2Cc2ccccc2)c1=O. The third kappa shape index (κ3) is 8.00. The molecular weight excluding hydrogens is 565 g/mol. The molecule has 0 saturated heterocycles. The zero-order chi connectivity index (χ0) is 31.8. The van der Waals surface area contributed by atoms with Gasteiger partial charge in [0, 0.05) is 57.5 Å². The molecule has 1 N–H and O–H groups in total. The summed E-state index contributed by atoms with van der Waals surface area (Å²) >= 11 is 0. The minimum Gasteiger partial charge on any atom is -0.436 e. The number of halogens is 1. The average molecular weight is 602 g/mol. The largest absolute Gasteiger partial charge is 0.436 e. The Labute approximate surface area is 254 Å². The molecule has 0 spiro atoms. The van der Waals surface area contributed by atoms with Crippen LogP contribution in [0.4, 0.5) is 14.9 Å². The molecule has 0 aliphatic heterocycles. The van der Waals surface area contributed by atoms with Gasteiger partial charge in [-0.05, 0) is 60.9 Å². The monoisotopic (exact) mass is 601 g/mol. The molecule has 0 aliphatic carbocycles. The van der Waals surface area contributed by atoms with Crippen molar-refractivity contribution in [1.29, 1.82) is 0 Å². The van der Waals surface area contributed by atoms with E-state index >= 15 is 0 Å². The predicted octanol–water partition coefficient (Wildman–Crippen LogP) is 4.47. The highest BCUT2D eigenvalue weighted by molar-refractivity contribution is 5.95. The van der Waals surface area contributed by atoms with Crippen LogP contribution < -0.4 is 10.9 Å². The molecule has 10 nitrogen and oxygen atoms in total. The van der Waals surface area contributed by atoms with Gasteiger partial charge in [-0.25, -0.2) is 9.18 Å². The number of amides is 3. The van der Waals surface area contributed by atoms with E-state index in [2.05, 4.69) is 5.32 Å². The number of allylic oxidation sites excluding steroid dienone is 1. The van der Waals surface area contributed by atoms with Crippen LogP contribution in [-0.4, -0.2) is 71.1 Å². The summed E-state index contributed by atoms with van der Waals surface area (Å²) in [6.07, 6.45) is 3.04. The maximum Gasteiger partial charge on any atom is 0.410 e. The summed E-state index contributed by atoms with van der Waals surface area (Å²) in [5, 5.41) is 3.32. The molecule has 230 valence electrons. The number of hydrogen-bond acceptors (Lipinski definition) is 5. The average Bonchev–Trinajstić information content (AvgIpc) is 3.31. The van der Waals surface area contributed by atoms with E-state index in [1.54, 1.807) is 38.5 Å². The van der Waals surface area contributed by atoms with Crippen LogP contribution >= 0.6 is 0 Å². The summed E-state index contributed by atoms with van der Waals surface area (Å²) in [7, 11) is 6.23. The van der Waals surface area contributed by atoms with Crippen molar-refractivity contribution in [3.8, 4) is 0 Å². The van der Waals surface area contributed by atoms with Crippen molar-refractivity contribution in [3.05, 3.63) is 113 Å². The summed E-state index contributed by atoms with van der Waals surface area (Å²) in [5.41, 5.74) is 2.20.